The summed E-state index contributed by atoms with van der Waals surface area (Å²) in [4.78, 5) is 11.8. The molecule has 1 aliphatic rings. The molecule has 0 unspecified atom stereocenters. The lowest BCUT2D eigenvalue weighted by Gasteiger charge is -2.44. The Kier molecular flexibility index (Phi) is 8.75. The van der Waals surface area contributed by atoms with E-state index in [-0.39, 0.29) is 23.6 Å². The molecule has 2 aromatic rings. The number of hydrogen-bond donors (Lipinski definition) is 0. The molecule has 0 saturated carbocycles. The summed E-state index contributed by atoms with van der Waals surface area (Å²) in [5.41, 5.74) is 1.92. The van der Waals surface area contributed by atoms with Crippen molar-refractivity contribution in [3.63, 3.8) is 0 Å². The Morgan fingerprint density at radius 1 is 0.900 bits per heavy atom. The van der Waals surface area contributed by atoms with E-state index in [4.69, 9.17) is 18.9 Å². The van der Waals surface area contributed by atoms with Crippen LogP contribution in [0.15, 0.2) is 60.7 Å². The molecular weight excluding hydrogens is 400 g/mol. The molecule has 6 heteroatoms. The highest BCUT2D eigenvalue weighted by atomic mass is 32.2. The Hall–Kier alpha value is -1.86. The minimum atomic E-state index is -0.541. The van der Waals surface area contributed by atoms with E-state index in [1.54, 1.807) is 11.8 Å². The topological polar surface area (TPSA) is 54.0 Å². The molecule has 0 aliphatic carbocycles. The van der Waals surface area contributed by atoms with Crippen molar-refractivity contribution in [2.24, 2.45) is 0 Å². The van der Waals surface area contributed by atoms with Crippen molar-refractivity contribution < 1.29 is 23.7 Å². The van der Waals surface area contributed by atoms with Gasteiger partial charge in [0, 0.05) is 6.92 Å². The minimum absolute atomic E-state index is 0.207. The van der Waals surface area contributed by atoms with Gasteiger partial charge in [-0.05, 0) is 23.8 Å². The minimum Gasteiger partial charge on any atom is -0.457 e. The fraction of sp³-hybridized carbons (Fsp3) is 0.458. The molecule has 0 aromatic heterocycles. The van der Waals surface area contributed by atoms with Gasteiger partial charge in [-0.1, -0.05) is 67.6 Å². The predicted octanol–water partition coefficient (Wildman–Crippen LogP) is 4.59. The number of ether oxygens (including phenoxy) is 4. The van der Waals surface area contributed by atoms with Crippen molar-refractivity contribution in [1.29, 1.82) is 0 Å². The molecule has 162 valence electrons. The van der Waals surface area contributed by atoms with E-state index in [9.17, 15) is 4.79 Å². The first kappa shape index (κ1) is 22.8. The van der Waals surface area contributed by atoms with Crippen molar-refractivity contribution in [2.45, 2.75) is 63.8 Å². The maximum Gasteiger partial charge on any atom is 0.303 e. The molecule has 0 radical (unpaired) electrons. The van der Waals surface area contributed by atoms with Crippen LogP contribution in [0.25, 0.3) is 0 Å². The normalized spacial score (nSPS) is 26.3. The Balaban J connectivity index is 1.82. The lowest BCUT2D eigenvalue weighted by molar-refractivity contribution is -0.237. The van der Waals surface area contributed by atoms with Gasteiger partial charge in [0.1, 0.15) is 17.6 Å². The third-order valence-electron chi connectivity index (χ3n) is 4.93. The van der Waals surface area contributed by atoms with Crippen LogP contribution in [0.5, 0.6) is 0 Å². The first-order valence-electron chi connectivity index (χ1n) is 10.3. The molecule has 3 rings (SSSR count). The lowest BCUT2D eigenvalue weighted by Crippen LogP contribution is -2.58. The number of benzene rings is 2. The smallest absolute Gasteiger partial charge is 0.303 e. The number of esters is 1. The first-order valence-corrected chi connectivity index (χ1v) is 11.4. The monoisotopic (exact) mass is 430 g/mol. The van der Waals surface area contributed by atoms with Crippen LogP contribution in [0.4, 0.5) is 0 Å². The molecule has 0 spiro atoms. The molecule has 2 aromatic carbocycles. The second-order valence-corrected chi connectivity index (χ2v) is 8.64. The van der Waals surface area contributed by atoms with Gasteiger partial charge < -0.3 is 18.9 Å². The van der Waals surface area contributed by atoms with Crippen LogP contribution in [0, 0.1) is 0 Å². The van der Waals surface area contributed by atoms with E-state index in [0.29, 0.717) is 13.2 Å². The zero-order valence-corrected chi connectivity index (χ0v) is 18.5. The molecule has 5 nitrogen and oxygen atoms in total. The number of carbonyl (C=O) groups is 1. The molecule has 30 heavy (non-hydrogen) atoms. The van der Waals surface area contributed by atoms with Crippen molar-refractivity contribution in [3.8, 4) is 0 Å². The van der Waals surface area contributed by atoms with Gasteiger partial charge in [-0.15, -0.1) is 11.8 Å². The summed E-state index contributed by atoms with van der Waals surface area (Å²) in [7, 11) is 0. The standard InChI is InChI=1S/C24H30O5S/c1-4-30-24-23(27-16-20-13-9-6-10-14-20)22(21(17(2)28-24)29-18(3)25)26-15-19-11-7-5-8-12-19/h5-14,17,21-24H,4,15-16H2,1-3H3/t17-,21+,22+,23-,24+/m0/s1. The molecule has 1 heterocycles. The van der Waals surface area contributed by atoms with Crippen LogP contribution in [0.3, 0.4) is 0 Å². The van der Waals surface area contributed by atoms with Crippen LogP contribution >= 0.6 is 11.8 Å². The number of rotatable bonds is 9. The summed E-state index contributed by atoms with van der Waals surface area (Å²) in [5, 5.41) is 0. The van der Waals surface area contributed by atoms with Crippen LogP contribution in [-0.4, -0.2) is 41.6 Å². The largest absolute Gasteiger partial charge is 0.457 e. The summed E-state index contributed by atoms with van der Waals surface area (Å²) < 4.78 is 24.5. The summed E-state index contributed by atoms with van der Waals surface area (Å²) in [5.74, 6) is 0.527. The second-order valence-electron chi connectivity index (χ2n) is 7.26. The predicted molar refractivity (Wildman–Crippen MR) is 118 cm³/mol. The van der Waals surface area contributed by atoms with Crippen LogP contribution in [0.2, 0.25) is 0 Å². The van der Waals surface area contributed by atoms with E-state index in [1.165, 1.54) is 6.92 Å². The highest BCUT2D eigenvalue weighted by Gasteiger charge is 2.47. The summed E-state index contributed by atoms with van der Waals surface area (Å²) in [6.07, 6.45) is -1.65. The number of carbonyl (C=O) groups excluding carboxylic acids is 1. The Bertz CT molecular complexity index is 770. The van der Waals surface area contributed by atoms with E-state index in [1.807, 2.05) is 67.6 Å². The zero-order valence-electron chi connectivity index (χ0n) is 17.7. The molecule has 1 aliphatic heterocycles. The Labute approximate surface area is 183 Å². The highest BCUT2D eigenvalue weighted by molar-refractivity contribution is 7.99. The van der Waals surface area contributed by atoms with E-state index in [2.05, 4.69) is 6.92 Å². The molecular formula is C24H30O5S. The van der Waals surface area contributed by atoms with Gasteiger partial charge in [-0.25, -0.2) is 0 Å². The van der Waals surface area contributed by atoms with Gasteiger partial charge in [-0.2, -0.15) is 0 Å². The van der Waals surface area contributed by atoms with Gasteiger partial charge in [-0.3, -0.25) is 4.79 Å². The number of hydrogen-bond acceptors (Lipinski definition) is 6. The maximum atomic E-state index is 11.8. The lowest BCUT2D eigenvalue weighted by atomic mass is 9.99. The quantitative estimate of drug-likeness (QED) is 0.543. The molecule has 0 bridgehead atoms. The summed E-state index contributed by atoms with van der Waals surface area (Å²) in [6.45, 7) is 6.26. The van der Waals surface area contributed by atoms with Gasteiger partial charge in [0.05, 0.1) is 19.3 Å². The highest BCUT2D eigenvalue weighted by Crippen LogP contribution is 2.34. The van der Waals surface area contributed by atoms with E-state index >= 15 is 0 Å². The van der Waals surface area contributed by atoms with E-state index < -0.39 is 12.2 Å². The second kappa shape index (κ2) is 11.5. The average molecular weight is 431 g/mol. The van der Waals surface area contributed by atoms with Crippen molar-refractivity contribution in [2.75, 3.05) is 5.75 Å². The third kappa shape index (κ3) is 6.32. The van der Waals surface area contributed by atoms with E-state index in [0.717, 1.165) is 16.9 Å². The Morgan fingerprint density at radius 2 is 1.43 bits per heavy atom. The fourth-order valence-corrected chi connectivity index (χ4v) is 4.53. The van der Waals surface area contributed by atoms with Gasteiger partial charge in [0.15, 0.2) is 6.10 Å². The van der Waals surface area contributed by atoms with Crippen LogP contribution in [-0.2, 0) is 37.0 Å². The molecule has 0 N–H and O–H groups in total. The van der Waals surface area contributed by atoms with Crippen molar-refractivity contribution >= 4 is 17.7 Å². The van der Waals surface area contributed by atoms with Crippen molar-refractivity contribution in [1.82, 2.24) is 0 Å². The SMILES string of the molecule is CCS[C@H]1O[C@@H](C)[C@@H](OC(C)=O)[C@@H](OCc2ccccc2)[C@@H]1OCc1ccccc1. The van der Waals surface area contributed by atoms with Gasteiger partial charge in [0.25, 0.3) is 0 Å². The molecule has 0 amide bonds. The zero-order chi connectivity index (χ0) is 21.3. The van der Waals surface area contributed by atoms with Gasteiger partial charge in [0.2, 0.25) is 0 Å². The van der Waals surface area contributed by atoms with Crippen LogP contribution < -0.4 is 0 Å². The Morgan fingerprint density at radius 3 is 1.93 bits per heavy atom. The summed E-state index contributed by atoms with van der Waals surface area (Å²) >= 11 is 1.68. The maximum absolute atomic E-state index is 11.8. The van der Waals surface area contributed by atoms with Gasteiger partial charge >= 0.3 is 5.97 Å². The summed E-state index contributed by atoms with van der Waals surface area (Å²) in [6, 6.07) is 20.0. The molecule has 1 saturated heterocycles. The molecule has 5 atom stereocenters. The molecule has 1 fully saturated rings. The average Bonchev–Trinajstić information content (AvgIpc) is 2.75. The number of thioether (sulfide) groups is 1. The first-order chi connectivity index (χ1) is 14.6. The fourth-order valence-electron chi connectivity index (χ4n) is 3.52. The third-order valence-corrected chi connectivity index (χ3v) is 5.97. The van der Waals surface area contributed by atoms with Crippen molar-refractivity contribution in [3.05, 3.63) is 71.8 Å². The van der Waals surface area contributed by atoms with Crippen LogP contribution in [0.1, 0.15) is 31.9 Å².